The largest absolute Gasteiger partial charge is 0.366 e. The number of morpholine rings is 1. The van der Waals surface area contributed by atoms with Crippen molar-refractivity contribution in [3.05, 3.63) is 47.4 Å². The summed E-state index contributed by atoms with van der Waals surface area (Å²) in [4.78, 5) is 18.5. The first kappa shape index (κ1) is 15.6. The molecule has 1 saturated heterocycles. The normalized spacial score (nSPS) is 18.4. The zero-order valence-electron chi connectivity index (χ0n) is 13.0. The number of benzene rings is 1. The van der Waals surface area contributed by atoms with Gasteiger partial charge in [-0.2, -0.15) is 4.98 Å². The molecule has 0 radical (unpaired) electrons. The molecule has 2 aromatic rings. The van der Waals surface area contributed by atoms with Crippen molar-refractivity contribution in [3.63, 3.8) is 0 Å². The first-order valence-electron chi connectivity index (χ1n) is 7.54. The maximum Gasteiger partial charge on any atom is 0.254 e. The number of hydrogen-bond donors (Lipinski definition) is 0. The predicted octanol–water partition coefficient (Wildman–Crippen LogP) is 2.55. The van der Waals surface area contributed by atoms with Crippen LogP contribution in [0.3, 0.4) is 0 Å². The van der Waals surface area contributed by atoms with E-state index in [1.54, 1.807) is 4.90 Å². The molecule has 7 heteroatoms. The van der Waals surface area contributed by atoms with E-state index in [0.29, 0.717) is 37.0 Å². The maximum absolute atomic E-state index is 13.0. The fraction of sp³-hybridized carbons (Fsp3) is 0.438. The third-order valence-corrected chi connectivity index (χ3v) is 3.68. The van der Waals surface area contributed by atoms with Crippen molar-refractivity contribution in [2.45, 2.75) is 25.9 Å². The lowest BCUT2D eigenvalue weighted by atomic mass is 10.1. The van der Waals surface area contributed by atoms with Crippen molar-refractivity contribution in [2.24, 2.45) is 0 Å². The monoisotopic (exact) mass is 319 g/mol. The molecule has 2 heterocycles. The second-order valence-electron chi connectivity index (χ2n) is 5.76. The lowest BCUT2D eigenvalue weighted by molar-refractivity contribution is -0.0276. The van der Waals surface area contributed by atoms with Gasteiger partial charge < -0.3 is 14.2 Å². The number of amides is 1. The molecule has 1 aliphatic heterocycles. The molecule has 6 nitrogen and oxygen atoms in total. The maximum atomic E-state index is 13.0. The molecule has 1 aromatic heterocycles. The van der Waals surface area contributed by atoms with Crippen LogP contribution in [-0.2, 0) is 4.74 Å². The molecule has 0 unspecified atom stereocenters. The van der Waals surface area contributed by atoms with Gasteiger partial charge in [0.25, 0.3) is 5.91 Å². The molecule has 1 atom stereocenters. The number of hydrogen-bond acceptors (Lipinski definition) is 5. The number of carbonyl (C=O) groups excluding carboxylic acids is 1. The van der Waals surface area contributed by atoms with Crippen molar-refractivity contribution in [1.82, 2.24) is 15.0 Å². The van der Waals surface area contributed by atoms with Gasteiger partial charge in [-0.05, 0) is 24.3 Å². The molecule has 122 valence electrons. The molecular weight excluding hydrogens is 301 g/mol. The Bertz CT molecular complexity index is 684. The first-order valence-corrected chi connectivity index (χ1v) is 7.54. The summed E-state index contributed by atoms with van der Waals surface area (Å²) >= 11 is 0. The molecule has 0 N–H and O–H groups in total. The van der Waals surface area contributed by atoms with Gasteiger partial charge >= 0.3 is 0 Å². The highest BCUT2D eigenvalue weighted by Gasteiger charge is 2.29. The summed E-state index contributed by atoms with van der Waals surface area (Å²) in [6.07, 6.45) is -0.413. The van der Waals surface area contributed by atoms with Gasteiger partial charge in [0.2, 0.25) is 11.7 Å². The lowest BCUT2D eigenvalue weighted by Crippen LogP contribution is -2.42. The Labute approximate surface area is 133 Å². The van der Waals surface area contributed by atoms with Crippen LogP contribution in [0.5, 0.6) is 0 Å². The standard InChI is InChI=1S/C16H18FN3O3/c1-10(2)15-18-14(19-23-15)13-9-20(7-8-22-13)16(21)11-3-5-12(17)6-4-11/h3-6,10,13H,7-9H2,1-2H3/t13-/m1/s1. The van der Waals surface area contributed by atoms with E-state index in [2.05, 4.69) is 10.1 Å². The average Bonchev–Trinajstić information content (AvgIpc) is 3.05. The van der Waals surface area contributed by atoms with Gasteiger partial charge in [-0.25, -0.2) is 4.39 Å². The van der Waals surface area contributed by atoms with Crippen LogP contribution in [0.1, 0.15) is 47.9 Å². The van der Waals surface area contributed by atoms with E-state index in [-0.39, 0.29) is 17.6 Å². The van der Waals surface area contributed by atoms with Crippen molar-refractivity contribution in [1.29, 1.82) is 0 Å². The van der Waals surface area contributed by atoms with Gasteiger partial charge in [0.1, 0.15) is 11.9 Å². The molecule has 0 spiro atoms. The van der Waals surface area contributed by atoms with Crippen molar-refractivity contribution >= 4 is 5.91 Å². The molecule has 1 aromatic carbocycles. The fourth-order valence-electron chi connectivity index (χ4n) is 2.38. The Morgan fingerprint density at radius 1 is 1.35 bits per heavy atom. The summed E-state index contributed by atoms with van der Waals surface area (Å²) in [7, 11) is 0. The summed E-state index contributed by atoms with van der Waals surface area (Å²) in [6, 6.07) is 5.51. The molecule has 0 saturated carbocycles. The Balaban J connectivity index is 1.72. The van der Waals surface area contributed by atoms with E-state index < -0.39 is 6.10 Å². The van der Waals surface area contributed by atoms with Crippen LogP contribution in [0.4, 0.5) is 4.39 Å². The third kappa shape index (κ3) is 3.39. The molecule has 3 rings (SSSR count). The van der Waals surface area contributed by atoms with Gasteiger partial charge in [0.05, 0.1) is 13.2 Å². The van der Waals surface area contributed by atoms with E-state index in [1.165, 1.54) is 24.3 Å². The number of rotatable bonds is 3. The van der Waals surface area contributed by atoms with Gasteiger partial charge in [-0.3, -0.25) is 4.79 Å². The van der Waals surface area contributed by atoms with Crippen LogP contribution in [-0.4, -0.2) is 40.6 Å². The number of ether oxygens (including phenoxy) is 1. The summed E-state index contributed by atoms with van der Waals surface area (Å²) in [5, 5.41) is 3.94. The van der Waals surface area contributed by atoms with Crippen LogP contribution < -0.4 is 0 Å². The zero-order chi connectivity index (χ0) is 16.4. The van der Waals surface area contributed by atoms with Gasteiger partial charge in [-0.15, -0.1) is 0 Å². The highest BCUT2D eigenvalue weighted by molar-refractivity contribution is 5.94. The lowest BCUT2D eigenvalue weighted by Gasteiger charge is -2.31. The summed E-state index contributed by atoms with van der Waals surface area (Å²) in [6.45, 7) is 5.13. The highest BCUT2D eigenvalue weighted by atomic mass is 19.1. The Morgan fingerprint density at radius 3 is 2.74 bits per heavy atom. The van der Waals surface area contributed by atoms with Gasteiger partial charge in [0, 0.05) is 18.0 Å². The smallest absolute Gasteiger partial charge is 0.254 e. The molecule has 0 aliphatic carbocycles. The highest BCUT2D eigenvalue weighted by Crippen LogP contribution is 2.23. The number of carbonyl (C=O) groups is 1. The second-order valence-corrected chi connectivity index (χ2v) is 5.76. The predicted molar refractivity (Wildman–Crippen MR) is 79.4 cm³/mol. The topological polar surface area (TPSA) is 68.5 Å². The number of halogens is 1. The molecule has 1 fully saturated rings. The molecule has 1 amide bonds. The zero-order valence-corrected chi connectivity index (χ0v) is 13.0. The third-order valence-electron chi connectivity index (χ3n) is 3.68. The molecule has 23 heavy (non-hydrogen) atoms. The Hall–Kier alpha value is -2.28. The van der Waals surface area contributed by atoms with E-state index in [4.69, 9.17) is 9.26 Å². The van der Waals surface area contributed by atoms with Crippen LogP contribution in [0.25, 0.3) is 0 Å². The van der Waals surface area contributed by atoms with E-state index >= 15 is 0 Å². The van der Waals surface area contributed by atoms with Gasteiger partial charge in [0.15, 0.2) is 0 Å². The first-order chi connectivity index (χ1) is 11.0. The van der Waals surface area contributed by atoms with Crippen LogP contribution in [0.2, 0.25) is 0 Å². The van der Waals surface area contributed by atoms with Crippen molar-refractivity contribution in [3.8, 4) is 0 Å². The van der Waals surface area contributed by atoms with E-state index in [0.717, 1.165) is 0 Å². The average molecular weight is 319 g/mol. The quantitative estimate of drug-likeness (QED) is 0.869. The van der Waals surface area contributed by atoms with Crippen LogP contribution in [0.15, 0.2) is 28.8 Å². The van der Waals surface area contributed by atoms with Crippen molar-refractivity contribution in [2.75, 3.05) is 19.7 Å². The fourth-order valence-corrected chi connectivity index (χ4v) is 2.38. The molecule has 1 aliphatic rings. The summed E-state index contributed by atoms with van der Waals surface area (Å²) < 4.78 is 23.8. The Morgan fingerprint density at radius 2 is 2.09 bits per heavy atom. The summed E-state index contributed by atoms with van der Waals surface area (Å²) in [5.74, 6) is 0.605. The Kier molecular flexibility index (Phi) is 4.38. The minimum atomic E-state index is -0.413. The minimum absolute atomic E-state index is 0.136. The summed E-state index contributed by atoms with van der Waals surface area (Å²) in [5.41, 5.74) is 0.447. The molecule has 0 bridgehead atoms. The molecular formula is C16H18FN3O3. The van der Waals surface area contributed by atoms with Crippen molar-refractivity contribution < 1.29 is 18.4 Å². The number of aromatic nitrogens is 2. The van der Waals surface area contributed by atoms with Gasteiger partial charge in [-0.1, -0.05) is 19.0 Å². The van der Waals surface area contributed by atoms with E-state index in [1.807, 2.05) is 13.8 Å². The second kappa shape index (κ2) is 6.45. The minimum Gasteiger partial charge on any atom is -0.366 e. The number of nitrogens with zero attached hydrogens (tertiary/aromatic N) is 3. The van der Waals surface area contributed by atoms with Crippen LogP contribution >= 0.6 is 0 Å². The van der Waals surface area contributed by atoms with Crippen LogP contribution in [0, 0.1) is 5.82 Å². The van der Waals surface area contributed by atoms with E-state index in [9.17, 15) is 9.18 Å². The SMILES string of the molecule is CC(C)c1nc([C@H]2CN(C(=O)c3ccc(F)cc3)CCO2)no1.